The fraction of sp³-hybridized carbons (Fsp3) is 0.423. The first kappa shape index (κ1) is 27.2. The number of ether oxygens (including phenoxy) is 2. The Morgan fingerprint density at radius 1 is 1.11 bits per heavy atom. The molecule has 9 nitrogen and oxygen atoms in total. The maximum Gasteiger partial charge on any atom is 0.416 e. The Labute approximate surface area is 218 Å². The number of fused-ring (bicyclic) bond motifs is 1. The number of piperazine rings is 1. The van der Waals surface area contributed by atoms with Crippen LogP contribution in [0.3, 0.4) is 0 Å². The van der Waals surface area contributed by atoms with E-state index >= 15 is 0 Å². The van der Waals surface area contributed by atoms with E-state index in [0.717, 1.165) is 31.8 Å². The molecule has 1 saturated heterocycles. The number of rotatable bonds is 6. The number of benzene rings is 2. The van der Waals surface area contributed by atoms with Crippen LogP contribution in [0.15, 0.2) is 30.3 Å². The van der Waals surface area contributed by atoms with Gasteiger partial charge in [0.2, 0.25) is 0 Å². The Bertz CT molecular complexity index is 1330. The van der Waals surface area contributed by atoms with E-state index in [4.69, 9.17) is 15.2 Å². The van der Waals surface area contributed by atoms with E-state index in [1.54, 1.807) is 30.9 Å². The van der Waals surface area contributed by atoms with Crippen LogP contribution in [-0.4, -0.2) is 65.7 Å². The van der Waals surface area contributed by atoms with Crippen LogP contribution in [0, 0.1) is 6.92 Å². The molecule has 3 N–H and O–H groups in total. The van der Waals surface area contributed by atoms with Crippen LogP contribution in [0.25, 0.3) is 10.9 Å². The lowest BCUT2D eigenvalue weighted by atomic mass is 10.0. The first-order chi connectivity index (χ1) is 18.0. The largest absolute Gasteiger partial charge is 0.493 e. The van der Waals surface area contributed by atoms with Gasteiger partial charge in [0.15, 0.2) is 11.5 Å². The van der Waals surface area contributed by atoms with Gasteiger partial charge in [-0.1, -0.05) is 6.92 Å². The second-order valence-electron chi connectivity index (χ2n) is 9.18. The lowest BCUT2D eigenvalue weighted by Crippen LogP contribution is -2.49. The average Bonchev–Trinajstić information content (AvgIpc) is 2.87. The van der Waals surface area contributed by atoms with Crippen LogP contribution in [0.1, 0.15) is 36.8 Å². The predicted molar refractivity (Wildman–Crippen MR) is 138 cm³/mol. The van der Waals surface area contributed by atoms with Crippen LogP contribution in [0.4, 0.5) is 29.5 Å². The Morgan fingerprint density at radius 2 is 1.82 bits per heavy atom. The number of alkyl halides is 3. The summed E-state index contributed by atoms with van der Waals surface area (Å²) in [6, 6.07) is 6.09. The van der Waals surface area contributed by atoms with Gasteiger partial charge in [0.25, 0.3) is 0 Å². The van der Waals surface area contributed by atoms with E-state index in [1.165, 1.54) is 13.2 Å². The number of aromatic nitrogens is 2. The zero-order valence-electron chi connectivity index (χ0n) is 21.7. The first-order valence-corrected chi connectivity index (χ1v) is 12.3. The van der Waals surface area contributed by atoms with Crippen LogP contribution in [-0.2, 0) is 6.18 Å². The quantitative estimate of drug-likeness (QED) is 0.434. The molecule has 0 spiro atoms. The summed E-state index contributed by atoms with van der Waals surface area (Å²) < 4.78 is 51.2. The van der Waals surface area contributed by atoms with Crippen molar-refractivity contribution < 1.29 is 27.4 Å². The summed E-state index contributed by atoms with van der Waals surface area (Å²) >= 11 is 0. The number of methoxy groups -OCH3 is 1. The topological polar surface area (TPSA) is 106 Å². The summed E-state index contributed by atoms with van der Waals surface area (Å²) in [6.07, 6.45) is -5.02. The zero-order valence-corrected chi connectivity index (χ0v) is 21.7. The van der Waals surface area contributed by atoms with Gasteiger partial charge in [-0.2, -0.15) is 13.2 Å². The number of carbonyl (C=O) groups excluding carboxylic acids is 1. The van der Waals surface area contributed by atoms with Gasteiger partial charge >= 0.3 is 12.3 Å². The minimum Gasteiger partial charge on any atom is -0.493 e. The molecule has 2 aromatic carbocycles. The summed E-state index contributed by atoms with van der Waals surface area (Å²) in [4.78, 5) is 25.7. The van der Waals surface area contributed by atoms with Gasteiger partial charge in [0.05, 0.1) is 24.2 Å². The molecule has 1 amide bonds. The number of anilines is 2. The zero-order chi connectivity index (χ0) is 27.6. The molecule has 1 fully saturated rings. The number of nitrogens with two attached hydrogens (primary N) is 1. The molecule has 4 rings (SSSR count). The minimum atomic E-state index is -4.53. The number of amides is 1. The van der Waals surface area contributed by atoms with Crippen LogP contribution < -0.4 is 20.5 Å². The molecule has 1 atom stereocenters. The van der Waals surface area contributed by atoms with Crippen LogP contribution in [0.5, 0.6) is 11.5 Å². The van der Waals surface area contributed by atoms with Crippen molar-refractivity contribution in [2.75, 3.05) is 50.9 Å². The summed E-state index contributed by atoms with van der Waals surface area (Å²) in [5, 5.41) is 3.68. The molecule has 0 bridgehead atoms. The first-order valence-electron chi connectivity index (χ1n) is 12.3. The van der Waals surface area contributed by atoms with Gasteiger partial charge in [0.1, 0.15) is 11.6 Å². The van der Waals surface area contributed by atoms with E-state index in [0.29, 0.717) is 46.9 Å². The van der Waals surface area contributed by atoms with Crippen molar-refractivity contribution in [2.45, 2.75) is 33.0 Å². The molecule has 0 aliphatic carbocycles. The average molecular weight is 533 g/mol. The van der Waals surface area contributed by atoms with Gasteiger partial charge in [-0.25, -0.2) is 14.8 Å². The third-order valence-electron chi connectivity index (χ3n) is 6.53. The monoisotopic (exact) mass is 532 g/mol. The van der Waals surface area contributed by atoms with Crippen molar-refractivity contribution in [3.8, 4) is 11.5 Å². The van der Waals surface area contributed by atoms with Crippen molar-refractivity contribution in [1.82, 2.24) is 19.8 Å². The highest BCUT2D eigenvalue weighted by Crippen LogP contribution is 2.37. The Balaban J connectivity index is 1.65. The van der Waals surface area contributed by atoms with E-state index in [-0.39, 0.29) is 11.4 Å². The summed E-state index contributed by atoms with van der Waals surface area (Å²) in [7, 11) is 1.46. The summed E-state index contributed by atoms with van der Waals surface area (Å²) in [5.41, 5.74) is 5.79. The van der Waals surface area contributed by atoms with Gasteiger partial charge in [0, 0.05) is 43.3 Å². The molecule has 204 valence electrons. The number of hydrogen-bond acceptors (Lipinski definition) is 8. The SMILES string of the molecule is CCN1CCN(C(=O)Oc2cc3c(N[C@H](C)c4cc(N)cc(C(F)(F)F)c4)nc(C)nc3cc2OC)CC1. The van der Waals surface area contributed by atoms with Crippen molar-refractivity contribution in [3.63, 3.8) is 0 Å². The standard InChI is InChI=1S/C26H31F3N6O3/c1-5-34-6-8-35(9-7-34)25(36)38-23-13-20-21(14-22(23)37-4)32-16(3)33-24(20)31-15(2)17-10-18(26(27,28)29)12-19(30)11-17/h10-15H,5-9,30H2,1-4H3,(H,31,32,33)/t15-/m1/s1. The summed E-state index contributed by atoms with van der Waals surface area (Å²) in [6.45, 7) is 9.03. The molecule has 1 aromatic heterocycles. The number of nitrogens with zero attached hydrogens (tertiary/aromatic N) is 4. The number of hydrogen-bond donors (Lipinski definition) is 2. The number of likely N-dealkylation sites (N-methyl/N-ethyl adjacent to an activating group) is 1. The smallest absolute Gasteiger partial charge is 0.416 e. The van der Waals surface area contributed by atoms with Gasteiger partial charge < -0.3 is 30.3 Å². The van der Waals surface area contributed by atoms with Crippen LogP contribution in [0.2, 0.25) is 0 Å². The molecular weight excluding hydrogens is 501 g/mol. The van der Waals surface area contributed by atoms with E-state index < -0.39 is 23.9 Å². The van der Waals surface area contributed by atoms with Crippen molar-refractivity contribution in [1.29, 1.82) is 0 Å². The molecule has 3 aromatic rings. The number of nitrogens with one attached hydrogen (secondary N) is 1. The van der Waals surface area contributed by atoms with Crippen molar-refractivity contribution in [2.24, 2.45) is 0 Å². The van der Waals surface area contributed by atoms with Gasteiger partial charge in [-0.15, -0.1) is 0 Å². The van der Waals surface area contributed by atoms with Crippen molar-refractivity contribution >= 4 is 28.5 Å². The molecular formula is C26H31F3N6O3. The second-order valence-corrected chi connectivity index (χ2v) is 9.18. The van der Waals surface area contributed by atoms with E-state index in [1.807, 2.05) is 0 Å². The maximum absolute atomic E-state index is 13.3. The molecule has 0 saturated carbocycles. The molecule has 2 heterocycles. The molecule has 1 aliphatic heterocycles. The van der Waals surface area contributed by atoms with Gasteiger partial charge in [-0.05, 0) is 50.2 Å². The molecule has 0 radical (unpaired) electrons. The predicted octanol–water partition coefficient (Wildman–Crippen LogP) is 4.86. The summed E-state index contributed by atoms with van der Waals surface area (Å²) in [5.74, 6) is 1.32. The fourth-order valence-corrected chi connectivity index (χ4v) is 4.39. The van der Waals surface area contributed by atoms with Crippen LogP contribution >= 0.6 is 0 Å². The highest BCUT2D eigenvalue weighted by Gasteiger charge is 2.31. The third kappa shape index (κ3) is 6.01. The van der Waals surface area contributed by atoms with E-state index in [9.17, 15) is 18.0 Å². The molecule has 1 aliphatic rings. The van der Waals surface area contributed by atoms with Gasteiger partial charge in [-0.3, -0.25) is 0 Å². The number of aryl methyl sites for hydroxylation is 1. The van der Waals surface area contributed by atoms with E-state index in [2.05, 4.69) is 27.1 Å². The normalized spacial score (nSPS) is 15.4. The Kier molecular flexibility index (Phi) is 7.81. The highest BCUT2D eigenvalue weighted by molar-refractivity contribution is 5.92. The fourth-order valence-electron chi connectivity index (χ4n) is 4.39. The second kappa shape index (κ2) is 10.9. The Hall–Kier alpha value is -3.80. The lowest BCUT2D eigenvalue weighted by molar-refractivity contribution is -0.137. The molecule has 0 unspecified atom stereocenters. The van der Waals surface area contributed by atoms with Crippen molar-refractivity contribution in [3.05, 3.63) is 47.3 Å². The number of nitrogen functional groups attached to an aromatic ring is 1. The molecule has 12 heteroatoms. The minimum absolute atomic E-state index is 0.00547. The number of halogens is 3. The lowest BCUT2D eigenvalue weighted by Gasteiger charge is -2.33. The number of carbonyl (C=O) groups is 1. The molecule has 38 heavy (non-hydrogen) atoms. The third-order valence-corrected chi connectivity index (χ3v) is 6.53. The Morgan fingerprint density at radius 3 is 2.45 bits per heavy atom. The highest BCUT2D eigenvalue weighted by atomic mass is 19.4. The maximum atomic E-state index is 13.3.